The Labute approximate surface area is 225 Å². The summed E-state index contributed by atoms with van der Waals surface area (Å²) in [4.78, 5) is 13.8. The van der Waals surface area contributed by atoms with Crippen LogP contribution in [0.4, 0.5) is 10.1 Å². The molecule has 11 heteroatoms. The third-order valence-corrected chi connectivity index (χ3v) is 8.27. The van der Waals surface area contributed by atoms with Crippen LogP contribution in [0.15, 0.2) is 54.6 Å². The van der Waals surface area contributed by atoms with Crippen molar-refractivity contribution in [3.8, 4) is 5.75 Å². The monoisotopic (exact) mass is 565 g/mol. The number of halogens is 3. The lowest BCUT2D eigenvalue weighted by Gasteiger charge is -2.28. The number of rotatable bonds is 8. The predicted molar refractivity (Wildman–Crippen MR) is 143 cm³/mol. The van der Waals surface area contributed by atoms with E-state index in [4.69, 9.17) is 27.9 Å². The van der Waals surface area contributed by atoms with Crippen molar-refractivity contribution < 1.29 is 22.3 Å². The molecule has 1 N–H and O–H groups in total. The molecule has 0 atom stereocenters. The molecule has 4 rings (SSSR count). The minimum atomic E-state index is -4.20. The zero-order valence-electron chi connectivity index (χ0n) is 20.3. The predicted octanol–water partition coefficient (Wildman–Crippen LogP) is 5.52. The van der Waals surface area contributed by atoms with Crippen LogP contribution in [0, 0.1) is 5.82 Å². The molecule has 1 aliphatic heterocycles. The zero-order chi connectivity index (χ0) is 26.7. The smallest absolute Gasteiger partial charge is 0.306 e. The van der Waals surface area contributed by atoms with Crippen LogP contribution in [0.5, 0.6) is 5.75 Å². The van der Waals surface area contributed by atoms with E-state index in [9.17, 15) is 17.6 Å². The average Bonchev–Trinajstić information content (AvgIpc) is 2.86. The number of anilines is 1. The Bertz CT molecular complexity index is 1430. The molecule has 7 nitrogen and oxygen atoms in total. The molecule has 3 aromatic carbocycles. The summed E-state index contributed by atoms with van der Waals surface area (Å²) >= 11 is 12.1. The van der Waals surface area contributed by atoms with Crippen molar-refractivity contribution in [1.29, 1.82) is 0 Å². The van der Waals surface area contributed by atoms with Crippen LogP contribution >= 0.6 is 23.2 Å². The molecule has 0 aliphatic carbocycles. The summed E-state index contributed by atoms with van der Waals surface area (Å²) < 4.78 is 48.6. The number of benzene rings is 3. The van der Waals surface area contributed by atoms with E-state index in [-0.39, 0.29) is 29.5 Å². The van der Waals surface area contributed by atoms with Crippen LogP contribution in [0.25, 0.3) is 0 Å². The molecule has 0 saturated heterocycles. The van der Waals surface area contributed by atoms with Gasteiger partial charge in [-0.2, -0.15) is 12.7 Å². The van der Waals surface area contributed by atoms with E-state index in [1.165, 1.54) is 32.3 Å². The van der Waals surface area contributed by atoms with E-state index in [1.54, 1.807) is 30.3 Å². The summed E-state index contributed by atoms with van der Waals surface area (Å²) in [6.07, 6.45) is 1.48. The summed E-state index contributed by atoms with van der Waals surface area (Å²) in [6, 6.07) is 14.1. The molecular weight excluding hydrogens is 540 g/mol. The number of carbonyl (C=O) groups is 1. The van der Waals surface area contributed by atoms with E-state index in [1.807, 2.05) is 6.07 Å². The molecular formula is C26H26Cl2FN3O4S. The van der Waals surface area contributed by atoms with Crippen LogP contribution in [0.2, 0.25) is 10.0 Å². The van der Waals surface area contributed by atoms with Crippen molar-refractivity contribution in [2.45, 2.75) is 26.0 Å². The molecule has 0 aromatic heterocycles. The van der Waals surface area contributed by atoms with Gasteiger partial charge < -0.3 is 10.1 Å². The minimum Gasteiger partial charge on any atom is -0.488 e. The highest BCUT2D eigenvalue weighted by atomic mass is 35.5. The van der Waals surface area contributed by atoms with Gasteiger partial charge in [-0.05, 0) is 60.9 Å². The van der Waals surface area contributed by atoms with Gasteiger partial charge in [0.15, 0.2) is 0 Å². The highest BCUT2D eigenvalue weighted by Crippen LogP contribution is 2.31. The summed E-state index contributed by atoms with van der Waals surface area (Å²) in [5, 5.41) is 3.85. The lowest BCUT2D eigenvalue weighted by Crippen LogP contribution is -2.43. The highest BCUT2D eigenvalue weighted by molar-refractivity contribution is 7.87. The lowest BCUT2D eigenvalue weighted by molar-refractivity contribution is 0.0847. The van der Waals surface area contributed by atoms with Crippen LogP contribution < -0.4 is 10.1 Å². The first-order valence-corrected chi connectivity index (χ1v) is 13.7. The Morgan fingerprint density at radius 1 is 1.05 bits per heavy atom. The number of nitrogens with zero attached hydrogens (tertiary/aromatic N) is 2. The zero-order valence-corrected chi connectivity index (χ0v) is 22.6. The van der Waals surface area contributed by atoms with E-state index in [0.29, 0.717) is 22.6 Å². The van der Waals surface area contributed by atoms with E-state index in [2.05, 4.69) is 5.32 Å². The summed E-state index contributed by atoms with van der Waals surface area (Å²) in [5.41, 5.74) is 2.52. The van der Waals surface area contributed by atoms with Crippen molar-refractivity contribution in [3.63, 3.8) is 0 Å². The number of hydrogen-bond donors (Lipinski definition) is 1. The fourth-order valence-electron chi connectivity index (χ4n) is 4.06. The Kier molecular flexibility index (Phi) is 8.28. The molecule has 1 amide bonds. The van der Waals surface area contributed by atoms with Gasteiger partial charge in [0, 0.05) is 53.1 Å². The third kappa shape index (κ3) is 6.01. The van der Waals surface area contributed by atoms with E-state index in [0.717, 1.165) is 32.8 Å². The molecule has 0 bridgehead atoms. The fraction of sp³-hybridized carbons (Fsp3) is 0.269. The number of nitrogens with one attached hydrogen (secondary N) is 1. The maximum atomic E-state index is 14.3. The summed E-state index contributed by atoms with van der Waals surface area (Å²) in [7, 11) is -1.48. The van der Waals surface area contributed by atoms with Crippen molar-refractivity contribution in [1.82, 2.24) is 8.61 Å². The number of fused-ring (bicyclic) bond motifs is 1. The number of hydrogen-bond acceptors (Lipinski definition) is 5. The molecule has 196 valence electrons. The molecule has 37 heavy (non-hydrogen) atoms. The second-order valence-electron chi connectivity index (χ2n) is 8.74. The van der Waals surface area contributed by atoms with Crippen molar-refractivity contribution in [2.75, 3.05) is 26.0 Å². The van der Waals surface area contributed by atoms with Gasteiger partial charge in [0.05, 0.1) is 6.54 Å². The number of ether oxygens (including phenoxy) is 1. The quantitative estimate of drug-likeness (QED) is 0.389. The normalized spacial score (nSPS) is 13.1. The first kappa shape index (κ1) is 27.2. The fourth-order valence-corrected chi connectivity index (χ4v) is 5.42. The summed E-state index contributed by atoms with van der Waals surface area (Å²) in [5.74, 6) is -0.927. The maximum Gasteiger partial charge on any atom is 0.306 e. The Morgan fingerprint density at radius 3 is 2.51 bits per heavy atom. The Morgan fingerprint density at radius 2 is 1.78 bits per heavy atom. The third-order valence-electron chi connectivity index (χ3n) is 6.03. The molecule has 0 saturated carbocycles. The number of amides is 1. The van der Waals surface area contributed by atoms with Gasteiger partial charge in [0.1, 0.15) is 18.2 Å². The first-order valence-electron chi connectivity index (χ1n) is 11.5. The summed E-state index contributed by atoms with van der Waals surface area (Å²) in [6.45, 7) is 0.307. The topological polar surface area (TPSA) is 79.0 Å². The largest absolute Gasteiger partial charge is 0.488 e. The van der Waals surface area contributed by atoms with Crippen LogP contribution in [0.1, 0.15) is 33.5 Å². The van der Waals surface area contributed by atoms with Crippen molar-refractivity contribution >= 4 is 45.0 Å². The van der Waals surface area contributed by atoms with E-state index < -0.39 is 21.9 Å². The van der Waals surface area contributed by atoms with Gasteiger partial charge in [0.2, 0.25) is 0 Å². The SMILES string of the molecule is CN(C)S(=O)(=O)N(Cc1cc(Cl)ccc1OCc1ccc(Cl)cc1F)C(=O)c1cccc2c1CCCN2. The minimum absolute atomic E-state index is 0.135. The highest BCUT2D eigenvalue weighted by Gasteiger charge is 2.33. The Balaban J connectivity index is 1.70. The van der Waals surface area contributed by atoms with Crippen LogP contribution in [-0.4, -0.2) is 43.6 Å². The maximum absolute atomic E-state index is 14.3. The Hall–Kier alpha value is -2.85. The molecule has 1 heterocycles. The molecule has 0 spiro atoms. The van der Waals surface area contributed by atoms with Gasteiger partial charge in [-0.3, -0.25) is 4.79 Å². The molecule has 3 aromatic rings. The van der Waals surface area contributed by atoms with Crippen molar-refractivity contribution in [3.05, 3.63) is 92.7 Å². The number of carbonyl (C=O) groups excluding carboxylic acids is 1. The molecule has 0 radical (unpaired) electrons. The van der Waals surface area contributed by atoms with Gasteiger partial charge in [-0.1, -0.05) is 35.3 Å². The first-order chi connectivity index (χ1) is 17.6. The van der Waals surface area contributed by atoms with E-state index >= 15 is 0 Å². The molecule has 1 aliphatic rings. The average molecular weight is 566 g/mol. The van der Waals surface area contributed by atoms with Crippen LogP contribution in [0.3, 0.4) is 0 Å². The van der Waals surface area contributed by atoms with Gasteiger partial charge in [-0.25, -0.2) is 8.70 Å². The van der Waals surface area contributed by atoms with Gasteiger partial charge >= 0.3 is 10.2 Å². The van der Waals surface area contributed by atoms with Gasteiger partial charge in [0.25, 0.3) is 5.91 Å². The second-order valence-corrected chi connectivity index (χ2v) is 11.7. The molecule has 0 unspecified atom stereocenters. The van der Waals surface area contributed by atoms with Crippen molar-refractivity contribution in [2.24, 2.45) is 0 Å². The lowest BCUT2D eigenvalue weighted by atomic mass is 9.97. The standard InChI is InChI=1S/C26H26Cl2FN3O4S/c1-31(2)37(34,35)32(26(33)22-5-3-7-24-21(22)6-4-12-30-24)15-18-13-19(27)10-11-25(18)36-16-17-8-9-20(28)14-23(17)29/h3,5,7-11,13-14,30H,4,6,12,15-16H2,1-2H3. The second kappa shape index (κ2) is 11.3. The molecule has 0 fully saturated rings. The van der Waals surface area contributed by atoms with Crippen LogP contribution in [-0.2, 0) is 29.8 Å². The van der Waals surface area contributed by atoms with Gasteiger partial charge in [-0.15, -0.1) is 0 Å².